The second kappa shape index (κ2) is 6.79. The summed E-state index contributed by atoms with van der Waals surface area (Å²) in [6.45, 7) is 1.84. The van der Waals surface area contributed by atoms with Gasteiger partial charge in [-0.1, -0.05) is 37.3 Å². The van der Waals surface area contributed by atoms with E-state index in [0.717, 1.165) is 11.6 Å². The van der Waals surface area contributed by atoms with Crippen LogP contribution in [0.25, 0.3) is 0 Å². The molecule has 2 aromatic rings. The average Bonchev–Trinajstić information content (AvgIpc) is 2.47. The van der Waals surface area contributed by atoms with E-state index in [9.17, 15) is 12.8 Å². The molecule has 118 valence electrons. The first kappa shape index (κ1) is 16.3. The molecule has 4 nitrogen and oxygen atoms in total. The van der Waals surface area contributed by atoms with Gasteiger partial charge in [0, 0.05) is 6.07 Å². The summed E-state index contributed by atoms with van der Waals surface area (Å²) >= 11 is 0. The Morgan fingerprint density at radius 3 is 2.45 bits per heavy atom. The van der Waals surface area contributed by atoms with Crippen LogP contribution in [0.4, 0.5) is 10.1 Å². The summed E-state index contributed by atoms with van der Waals surface area (Å²) in [6, 6.07) is 13.3. The molecule has 1 atom stereocenters. The number of benzene rings is 2. The zero-order chi connectivity index (χ0) is 16.2. The second-order valence-corrected chi connectivity index (χ2v) is 6.81. The quantitative estimate of drug-likeness (QED) is 0.886. The topological polar surface area (TPSA) is 55.4 Å². The van der Waals surface area contributed by atoms with E-state index >= 15 is 0 Å². The van der Waals surface area contributed by atoms with Crippen LogP contribution in [0.5, 0.6) is 5.75 Å². The van der Waals surface area contributed by atoms with E-state index in [1.807, 2.05) is 37.3 Å². The normalized spacial score (nSPS) is 12.7. The molecule has 0 saturated heterocycles. The zero-order valence-corrected chi connectivity index (χ0v) is 13.2. The van der Waals surface area contributed by atoms with Crippen LogP contribution in [0.3, 0.4) is 0 Å². The predicted molar refractivity (Wildman–Crippen MR) is 85.2 cm³/mol. The molecule has 0 heterocycles. The van der Waals surface area contributed by atoms with Crippen molar-refractivity contribution in [3.63, 3.8) is 0 Å². The van der Waals surface area contributed by atoms with Gasteiger partial charge >= 0.3 is 0 Å². The van der Waals surface area contributed by atoms with Gasteiger partial charge in [-0.25, -0.2) is 12.8 Å². The SMILES string of the molecule is COc1ccc(NS(=O)(=O)C[C@H](C)c2ccccc2)cc1F. The van der Waals surface area contributed by atoms with Crippen LogP contribution < -0.4 is 9.46 Å². The number of rotatable bonds is 6. The average molecular weight is 323 g/mol. The first-order valence-corrected chi connectivity index (χ1v) is 8.45. The van der Waals surface area contributed by atoms with Crippen molar-refractivity contribution in [2.45, 2.75) is 12.8 Å². The van der Waals surface area contributed by atoms with Gasteiger partial charge in [-0.3, -0.25) is 4.72 Å². The van der Waals surface area contributed by atoms with E-state index < -0.39 is 15.8 Å². The van der Waals surface area contributed by atoms with Crippen molar-refractivity contribution in [2.75, 3.05) is 17.6 Å². The number of hydrogen-bond acceptors (Lipinski definition) is 3. The van der Waals surface area contributed by atoms with Crippen LogP contribution in [0.1, 0.15) is 18.4 Å². The Labute approximate surface area is 130 Å². The smallest absolute Gasteiger partial charge is 0.233 e. The van der Waals surface area contributed by atoms with Crippen molar-refractivity contribution in [3.05, 3.63) is 59.9 Å². The zero-order valence-electron chi connectivity index (χ0n) is 12.4. The molecular formula is C16H18FNO3S. The van der Waals surface area contributed by atoms with E-state index in [0.29, 0.717) is 0 Å². The molecule has 0 aliphatic heterocycles. The number of nitrogens with one attached hydrogen (secondary N) is 1. The van der Waals surface area contributed by atoms with Crippen LogP contribution >= 0.6 is 0 Å². The maximum absolute atomic E-state index is 13.6. The van der Waals surface area contributed by atoms with Gasteiger partial charge in [0.2, 0.25) is 10.0 Å². The van der Waals surface area contributed by atoms with Gasteiger partial charge < -0.3 is 4.74 Å². The summed E-state index contributed by atoms with van der Waals surface area (Å²) in [5.41, 5.74) is 1.12. The lowest BCUT2D eigenvalue weighted by molar-refractivity contribution is 0.386. The highest BCUT2D eigenvalue weighted by Gasteiger charge is 2.17. The Kier molecular flexibility index (Phi) is 5.03. The van der Waals surface area contributed by atoms with Crippen LogP contribution in [0, 0.1) is 5.82 Å². The molecular weight excluding hydrogens is 305 g/mol. The van der Waals surface area contributed by atoms with Crippen LogP contribution in [-0.4, -0.2) is 21.3 Å². The fraction of sp³-hybridized carbons (Fsp3) is 0.250. The molecule has 0 amide bonds. The van der Waals surface area contributed by atoms with Gasteiger partial charge in [-0.05, 0) is 23.6 Å². The van der Waals surface area contributed by atoms with Crippen LogP contribution in [0.2, 0.25) is 0 Å². The van der Waals surface area contributed by atoms with Crippen molar-refractivity contribution < 1.29 is 17.5 Å². The molecule has 0 fully saturated rings. The van der Waals surface area contributed by atoms with Crippen molar-refractivity contribution in [3.8, 4) is 5.75 Å². The molecule has 22 heavy (non-hydrogen) atoms. The van der Waals surface area contributed by atoms with E-state index in [1.165, 1.54) is 19.2 Å². The maximum atomic E-state index is 13.6. The molecule has 0 radical (unpaired) electrons. The van der Waals surface area contributed by atoms with Crippen LogP contribution in [-0.2, 0) is 10.0 Å². The van der Waals surface area contributed by atoms with Gasteiger partial charge in [0.05, 0.1) is 18.6 Å². The predicted octanol–water partition coefficient (Wildman–Crippen LogP) is 3.38. The third-order valence-corrected chi connectivity index (χ3v) is 4.75. The number of halogens is 1. The molecule has 6 heteroatoms. The molecule has 2 rings (SSSR count). The van der Waals surface area contributed by atoms with E-state index in [2.05, 4.69) is 4.72 Å². The molecule has 0 spiro atoms. The molecule has 0 unspecified atom stereocenters. The van der Waals surface area contributed by atoms with Crippen molar-refractivity contribution in [1.29, 1.82) is 0 Å². The largest absolute Gasteiger partial charge is 0.494 e. The van der Waals surface area contributed by atoms with Crippen molar-refractivity contribution in [1.82, 2.24) is 0 Å². The third-order valence-electron chi connectivity index (χ3n) is 3.26. The highest BCUT2D eigenvalue weighted by Crippen LogP contribution is 2.23. The fourth-order valence-electron chi connectivity index (χ4n) is 2.16. The highest BCUT2D eigenvalue weighted by atomic mass is 32.2. The molecule has 1 N–H and O–H groups in total. The first-order chi connectivity index (χ1) is 10.4. The summed E-state index contributed by atoms with van der Waals surface area (Å²) < 4.78 is 45.2. The van der Waals surface area contributed by atoms with Gasteiger partial charge in [0.15, 0.2) is 11.6 Å². The van der Waals surface area contributed by atoms with E-state index in [1.54, 1.807) is 0 Å². The minimum Gasteiger partial charge on any atom is -0.494 e. The summed E-state index contributed by atoms with van der Waals surface area (Å²) in [5.74, 6) is -0.786. The summed E-state index contributed by atoms with van der Waals surface area (Å²) in [4.78, 5) is 0. The number of hydrogen-bond donors (Lipinski definition) is 1. The Hall–Kier alpha value is -2.08. The Morgan fingerprint density at radius 1 is 1.18 bits per heavy atom. The lowest BCUT2D eigenvalue weighted by Gasteiger charge is -2.14. The molecule has 0 bridgehead atoms. The van der Waals surface area contributed by atoms with Gasteiger partial charge in [0.25, 0.3) is 0 Å². The Balaban J connectivity index is 2.09. The van der Waals surface area contributed by atoms with E-state index in [4.69, 9.17) is 4.74 Å². The summed E-state index contributed by atoms with van der Waals surface area (Å²) in [6.07, 6.45) is 0. The lowest BCUT2D eigenvalue weighted by atomic mass is 10.0. The Bertz CT molecular complexity index is 732. The minimum absolute atomic E-state index is 0.0700. The highest BCUT2D eigenvalue weighted by molar-refractivity contribution is 7.92. The molecule has 0 aromatic heterocycles. The van der Waals surface area contributed by atoms with Gasteiger partial charge in [-0.15, -0.1) is 0 Å². The van der Waals surface area contributed by atoms with Crippen LogP contribution in [0.15, 0.2) is 48.5 Å². The van der Waals surface area contributed by atoms with E-state index in [-0.39, 0.29) is 23.1 Å². The molecule has 0 aliphatic carbocycles. The van der Waals surface area contributed by atoms with Crippen molar-refractivity contribution in [2.24, 2.45) is 0 Å². The lowest BCUT2D eigenvalue weighted by Crippen LogP contribution is -2.20. The maximum Gasteiger partial charge on any atom is 0.233 e. The van der Waals surface area contributed by atoms with Gasteiger partial charge in [-0.2, -0.15) is 0 Å². The van der Waals surface area contributed by atoms with Crippen molar-refractivity contribution >= 4 is 15.7 Å². The fourth-order valence-corrected chi connectivity index (χ4v) is 3.58. The summed E-state index contributed by atoms with van der Waals surface area (Å²) in [5, 5.41) is 0. The molecule has 2 aromatic carbocycles. The third kappa shape index (κ3) is 4.21. The monoisotopic (exact) mass is 323 g/mol. The number of anilines is 1. The molecule has 0 saturated carbocycles. The number of methoxy groups -OCH3 is 1. The number of ether oxygens (including phenoxy) is 1. The molecule has 0 aliphatic rings. The first-order valence-electron chi connectivity index (χ1n) is 6.80. The van der Waals surface area contributed by atoms with Gasteiger partial charge in [0.1, 0.15) is 0 Å². The minimum atomic E-state index is -3.58. The second-order valence-electron chi connectivity index (χ2n) is 5.04. The Morgan fingerprint density at radius 2 is 1.86 bits per heavy atom. The number of sulfonamides is 1. The summed E-state index contributed by atoms with van der Waals surface area (Å²) in [7, 11) is -2.22. The standard InChI is InChI=1S/C16H18FNO3S/c1-12(13-6-4-3-5-7-13)11-22(19,20)18-14-8-9-16(21-2)15(17)10-14/h3-10,12,18H,11H2,1-2H3/t12-/m0/s1.